The Morgan fingerprint density at radius 3 is 2.34 bits per heavy atom. The van der Waals surface area contributed by atoms with Gasteiger partial charge in [-0.2, -0.15) is 5.26 Å². The quantitative estimate of drug-likeness (QED) is 0.720. The number of halogens is 1. The normalized spacial score (nSPS) is 14.3. The van der Waals surface area contributed by atoms with Gasteiger partial charge in [0.2, 0.25) is 5.91 Å². The van der Waals surface area contributed by atoms with E-state index in [0.717, 1.165) is 37.6 Å². The Kier molecular flexibility index (Phi) is 7.04. The molecule has 0 bridgehead atoms. The maximum Gasteiger partial charge on any atom is 0.241 e. The molecule has 1 heterocycles. The number of amides is 1. The Balaban J connectivity index is 1.57. The summed E-state index contributed by atoms with van der Waals surface area (Å²) < 4.78 is 18.4. The number of carbonyl (C=O) groups is 1. The summed E-state index contributed by atoms with van der Waals surface area (Å²) >= 11 is 0. The second kappa shape index (κ2) is 9.89. The van der Waals surface area contributed by atoms with Crippen LogP contribution < -0.4 is 14.5 Å². The first-order valence-electron chi connectivity index (χ1n) is 9.65. The molecular weight excluding hydrogens is 371 g/mol. The Morgan fingerprint density at radius 2 is 1.76 bits per heavy atom. The van der Waals surface area contributed by atoms with Gasteiger partial charge in [0.15, 0.2) is 0 Å². The summed E-state index contributed by atoms with van der Waals surface area (Å²) in [5.74, 6) is 0.400. The molecule has 1 fully saturated rings. The smallest absolute Gasteiger partial charge is 0.241 e. The predicted octanol–water partition coefficient (Wildman–Crippen LogP) is 2.90. The maximum absolute atomic E-state index is 13.2. The van der Waals surface area contributed by atoms with Crippen LogP contribution in [0.25, 0.3) is 0 Å². The van der Waals surface area contributed by atoms with Crippen LogP contribution in [0, 0.1) is 17.1 Å². The minimum Gasteiger partial charge on any atom is -0.497 e. The number of nitriles is 1. The molecule has 2 aromatic carbocycles. The fraction of sp³-hybridized carbons (Fsp3) is 0.364. The first kappa shape index (κ1) is 20.6. The van der Waals surface area contributed by atoms with Crippen molar-refractivity contribution >= 4 is 17.3 Å². The fourth-order valence-corrected chi connectivity index (χ4v) is 3.41. The van der Waals surface area contributed by atoms with Gasteiger partial charge in [-0.15, -0.1) is 0 Å². The van der Waals surface area contributed by atoms with Gasteiger partial charge in [0, 0.05) is 44.1 Å². The van der Waals surface area contributed by atoms with E-state index in [1.807, 2.05) is 24.3 Å². The largest absolute Gasteiger partial charge is 0.497 e. The van der Waals surface area contributed by atoms with E-state index in [4.69, 9.17) is 10.00 Å². The molecule has 0 unspecified atom stereocenters. The molecule has 29 heavy (non-hydrogen) atoms. The minimum absolute atomic E-state index is 0.0789. The van der Waals surface area contributed by atoms with E-state index in [9.17, 15) is 9.18 Å². The van der Waals surface area contributed by atoms with E-state index < -0.39 is 0 Å². The van der Waals surface area contributed by atoms with Gasteiger partial charge in [0.1, 0.15) is 11.6 Å². The molecule has 1 amide bonds. The molecule has 1 aliphatic rings. The summed E-state index contributed by atoms with van der Waals surface area (Å²) in [6.45, 7) is 3.77. The van der Waals surface area contributed by atoms with Gasteiger partial charge in [-0.05, 0) is 48.5 Å². The molecule has 1 saturated heterocycles. The zero-order chi connectivity index (χ0) is 20.6. The van der Waals surface area contributed by atoms with Gasteiger partial charge < -0.3 is 14.5 Å². The van der Waals surface area contributed by atoms with E-state index in [1.165, 1.54) is 12.1 Å². The van der Waals surface area contributed by atoms with Crippen LogP contribution in [0.3, 0.4) is 0 Å². The SMILES string of the molecule is COc1ccc(N2CCN(CC(=O)N(CCC#N)c3ccc(F)cc3)CC2)cc1. The van der Waals surface area contributed by atoms with Crippen molar-refractivity contribution < 1.29 is 13.9 Å². The number of hydrogen-bond donors (Lipinski definition) is 0. The number of methoxy groups -OCH3 is 1. The highest BCUT2D eigenvalue weighted by Crippen LogP contribution is 2.21. The summed E-state index contributed by atoms with van der Waals surface area (Å²) in [6.07, 6.45) is 0.231. The highest BCUT2D eigenvalue weighted by atomic mass is 19.1. The van der Waals surface area contributed by atoms with Crippen molar-refractivity contribution in [2.45, 2.75) is 6.42 Å². The van der Waals surface area contributed by atoms with Crippen LogP contribution in [-0.2, 0) is 4.79 Å². The number of carbonyl (C=O) groups excluding carboxylic acids is 1. The Bertz CT molecular complexity index is 841. The van der Waals surface area contributed by atoms with Gasteiger partial charge in [-0.3, -0.25) is 9.69 Å². The van der Waals surface area contributed by atoms with E-state index in [2.05, 4.69) is 15.9 Å². The molecule has 0 saturated carbocycles. The Labute approximate surface area is 170 Å². The number of rotatable bonds is 7. The van der Waals surface area contributed by atoms with Crippen LogP contribution >= 0.6 is 0 Å². The number of anilines is 2. The number of hydrogen-bond acceptors (Lipinski definition) is 5. The van der Waals surface area contributed by atoms with Crippen molar-refractivity contribution in [3.05, 3.63) is 54.3 Å². The van der Waals surface area contributed by atoms with Crippen molar-refractivity contribution in [2.24, 2.45) is 0 Å². The third kappa shape index (κ3) is 5.46. The molecule has 7 heteroatoms. The molecule has 0 N–H and O–H groups in total. The Morgan fingerprint density at radius 1 is 1.10 bits per heavy atom. The average molecular weight is 396 g/mol. The van der Waals surface area contributed by atoms with E-state index >= 15 is 0 Å². The molecule has 0 atom stereocenters. The summed E-state index contributed by atoms with van der Waals surface area (Å²) in [5, 5.41) is 8.91. The summed E-state index contributed by atoms with van der Waals surface area (Å²) in [4.78, 5) is 18.8. The van der Waals surface area contributed by atoms with Crippen LogP contribution in [0.5, 0.6) is 5.75 Å². The van der Waals surface area contributed by atoms with Crippen LogP contribution in [0.15, 0.2) is 48.5 Å². The fourth-order valence-electron chi connectivity index (χ4n) is 3.41. The van der Waals surface area contributed by atoms with Crippen LogP contribution in [-0.4, -0.2) is 57.2 Å². The predicted molar refractivity (Wildman–Crippen MR) is 111 cm³/mol. The number of ether oxygens (including phenoxy) is 1. The van der Waals surface area contributed by atoms with Crippen molar-refractivity contribution in [3.8, 4) is 11.8 Å². The lowest BCUT2D eigenvalue weighted by Crippen LogP contribution is -2.50. The van der Waals surface area contributed by atoms with E-state index in [1.54, 1.807) is 24.1 Å². The first-order chi connectivity index (χ1) is 14.1. The second-order valence-electron chi connectivity index (χ2n) is 6.89. The molecule has 0 spiro atoms. The van der Waals surface area contributed by atoms with Crippen LogP contribution in [0.2, 0.25) is 0 Å². The molecule has 2 aromatic rings. The van der Waals surface area contributed by atoms with Gasteiger partial charge in [-0.25, -0.2) is 4.39 Å². The number of benzene rings is 2. The molecule has 152 valence electrons. The summed E-state index contributed by atoms with van der Waals surface area (Å²) in [7, 11) is 1.65. The zero-order valence-corrected chi connectivity index (χ0v) is 16.6. The van der Waals surface area contributed by atoms with Crippen LogP contribution in [0.4, 0.5) is 15.8 Å². The lowest BCUT2D eigenvalue weighted by atomic mass is 10.2. The minimum atomic E-state index is -0.351. The molecular formula is C22H25FN4O2. The molecule has 1 aliphatic heterocycles. The molecule has 6 nitrogen and oxygen atoms in total. The lowest BCUT2D eigenvalue weighted by molar-refractivity contribution is -0.119. The van der Waals surface area contributed by atoms with Gasteiger partial charge in [0.25, 0.3) is 0 Å². The van der Waals surface area contributed by atoms with Gasteiger partial charge in [-0.1, -0.05) is 0 Å². The maximum atomic E-state index is 13.2. The van der Waals surface area contributed by atoms with E-state index in [-0.39, 0.29) is 24.7 Å². The Hall–Kier alpha value is -3.11. The molecule has 0 radical (unpaired) electrons. The second-order valence-corrected chi connectivity index (χ2v) is 6.89. The summed E-state index contributed by atoms with van der Waals surface area (Å²) in [6, 6.07) is 15.9. The van der Waals surface area contributed by atoms with E-state index in [0.29, 0.717) is 12.2 Å². The highest BCUT2D eigenvalue weighted by molar-refractivity contribution is 5.94. The van der Waals surface area contributed by atoms with Crippen molar-refractivity contribution in [2.75, 3.05) is 56.2 Å². The third-order valence-corrected chi connectivity index (χ3v) is 5.06. The lowest BCUT2D eigenvalue weighted by Gasteiger charge is -2.36. The topological polar surface area (TPSA) is 59.8 Å². The summed E-state index contributed by atoms with van der Waals surface area (Å²) in [5.41, 5.74) is 1.75. The van der Waals surface area contributed by atoms with Gasteiger partial charge in [0.05, 0.1) is 26.1 Å². The average Bonchev–Trinajstić information content (AvgIpc) is 2.76. The van der Waals surface area contributed by atoms with Crippen LogP contribution in [0.1, 0.15) is 6.42 Å². The first-order valence-corrected chi connectivity index (χ1v) is 9.65. The zero-order valence-electron chi connectivity index (χ0n) is 16.6. The molecule has 0 aromatic heterocycles. The van der Waals surface area contributed by atoms with Gasteiger partial charge >= 0.3 is 0 Å². The highest BCUT2D eigenvalue weighted by Gasteiger charge is 2.23. The van der Waals surface area contributed by atoms with Crippen molar-refractivity contribution in [1.82, 2.24) is 4.90 Å². The van der Waals surface area contributed by atoms with Crippen molar-refractivity contribution in [1.29, 1.82) is 5.26 Å². The van der Waals surface area contributed by atoms with Crippen molar-refractivity contribution in [3.63, 3.8) is 0 Å². The monoisotopic (exact) mass is 396 g/mol. The number of nitrogens with zero attached hydrogens (tertiary/aromatic N) is 4. The third-order valence-electron chi connectivity index (χ3n) is 5.06. The molecule has 0 aliphatic carbocycles. The molecule has 3 rings (SSSR count). The number of piperazine rings is 1. The standard InChI is InChI=1S/C22H25FN4O2/c1-29-21-9-7-19(8-10-21)26-15-13-25(14-16-26)17-22(28)27(12-2-11-24)20-5-3-18(23)4-6-20/h3-10H,2,12-17H2,1H3.